The zero-order valence-corrected chi connectivity index (χ0v) is 20.2. The average molecular weight is 520 g/mol. The smallest absolute Gasteiger partial charge is 0.490 e. The summed E-state index contributed by atoms with van der Waals surface area (Å²) in [6.45, 7) is 3.08. The summed E-state index contributed by atoms with van der Waals surface area (Å²) in [6, 6.07) is 12.2. The molecule has 12 heteroatoms. The van der Waals surface area contributed by atoms with E-state index >= 15 is 0 Å². The van der Waals surface area contributed by atoms with Gasteiger partial charge in [-0.3, -0.25) is 4.90 Å². The normalized spacial score (nSPS) is 14.9. The van der Waals surface area contributed by atoms with E-state index in [2.05, 4.69) is 28.2 Å². The first-order chi connectivity index (χ1) is 17.2. The molecule has 0 radical (unpaired) electrons. The highest BCUT2D eigenvalue weighted by molar-refractivity contribution is 7.09. The predicted molar refractivity (Wildman–Crippen MR) is 128 cm³/mol. The number of halogens is 3. The summed E-state index contributed by atoms with van der Waals surface area (Å²) < 4.78 is 39.0. The summed E-state index contributed by atoms with van der Waals surface area (Å²) >= 11 is 1.73. The number of fused-ring (bicyclic) bond motifs is 1. The molecule has 0 bridgehead atoms. The lowest BCUT2D eigenvalue weighted by Crippen LogP contribution is -2.32. The summed E-state index contributed by atoms with van der Waals surface area (Å²) in [6.07, 6.45) is 1.03. The van der Waals surface area contributed by atoms with Gasteiger partial charge in [0.05, 0.1) is 13.7 Å². The number of aromatic nitrogens is 4. The number of carboxylic acid groups (broad SMARTS) is 1. The summed E-state index contributed by atoms with van der Waals surface area (Å²) in [5, 5.41) is 15.2. The van der Waals surface area contributed by atoms with Crippen LogP contribution in [-0.4, -0.2) is 61.9 Å². The molecule has 0 saturated carbocycles. The van der Waals surface area contributed by atoms with Crippen molar-refractivity contribution >= 4 is 23.0 Å². The average Bonchev–Trinajstić information content (AvgIpc) is 3.54. The highest BCUT2D eigenvalue weighted by Crippen LogP contribution is 2.28. The molecule has 4 aromatic rings. The molecule has 1 aliphatic heterocycles. The van der Waals surface area contributed by atoms with E-state index in [1.807, 2.05) is 40.4 Å². The van der Waals surface area contributed by atoms with E-state index in [1.54, 1.807) is 18.4 Å². The number of hydrogen-bond donors (Lipinski definition) is 1. The fraction of sp³-hybridized carbons (Fsp3) is 0.333. The van der Waals surface area contributed by atoms with Gasteiger partial charge in [-0.1, -0.05) is 12.1 Å². The summed E-state index contributed by atoms with van der Waals surface area (Å²) in [5.74, 6) is -0.525. The second-order valence-corrected chi connectivity index (χ2v) is 9.18. The third-order valence-corrected chi connectivity index (χ3v) is 6.55. The van der Waals surface area contributed by atoms with Crippen molar-refractivity contribution in [3.63, 3.8) is 0 Å². The molecule has 8 nitrogen and oxygen atoms in total. The van der Waals surface area contributed by atoms with Gasteiger partial charge in [0.25, 0.3) is 0 Å². The number of aliphatic carboxylic acids is 1. The highest BCUT2D eigenvalue weighted by atomic mass is 32.1. The second kappa shape index (κ2) is 11.0. The number of ether oxygens (including phenoxy) is 1. The molecule has 4 heterocycles. The van der Waals surface area contributed by atoms with E-state index in [1.165, 1.54) is 5.01 Å². The van der Waals surface area contributed by atoms with Gasteiger partial charge in [-0.2, -0.15) is 18.3 Å². The van der Waals surface area contributed by atoms with Gasteiger partial charge in [0.15, 0.2) is 11.5 Å². The molecule has 1 saturated heterocycles. The number of piperidine rings is 1. The fourth-order valence-electron chi connectivity index (χ4n) is 3.92. The Morgan fingerprint density at radius 3 is 2.58 bits per heavy atom. The molecule has 1 fully saturated rings. The Labute approximate surface area is 209 Å². The van der Waals surface area contributed by atoms with E-state index in [4.69, 9.17) is 24.7 Å². The highest BCUT2D eigenvalue weighted by Gasteiger charge is 2.38. The molecular formula is C24H24F3N5O3S. The first kappa shape index (κ1) is 25.6. The number of nitrogens with zero attached hydrogens (tertiary/aromatic N) is 5. The molecule has 0 unspecified atom stereocenters. The summed E-state index contributed by atoms with van der Waals surface area (Å²) in [5.41, 5.74) is 3.11. The third kappa shape index (κ3) is 6.38. The number of pyridine rings is 1. The zero-order chi connectivity index (χ0) is 25.7. The van der Waals surface area contributed by atoms with Crippen LogP contribution in [0.15, 0.2) is 54.2 Å². The second-order valence-electron chi connectivity index (χ2n) is 8.20. The quantitative estimate of drug-likeness (QED) is 0.402. The molecule has 0 aliphatic carbocycles. The van der Waals surface area contributed by atoms with Crippen LogP contribution in [0.4, 0.5) is 13.2 Å². The minimum atomic E-state index is -5.08. The van der Waals surface area contributed by atoms with Crippen molar-refractivity contribution in [2.45, 2.75) is 31.5 Å². The van der Waals surface area contributed by atoms with Gasteiger partial charge in [-0.05, 0) is 55.8 Å². The van der Waals surface area contributed by atoms with Crippen LogP contribution in [-0.2, 0) is 11.3 Å². The van der Waals surface area contributed by atoms with Crippen molar-refractivity contribution in [1.82, 2.24) is 24.5 Å². The van der Waals surface area contributed by atoms with Crippen LogP contribution in [0.3, 0.4) is 0 Å². The van der Waals surface area contributed by atoms with Crippen LogP contribution in [0.5, 0.6) is 5.75 Å². The number of benzene rings is 1. The van der Waals surface area contributed by atoms with Crippen molar-refractivity contribution < 1.29 is 27.8 Å². The van der Waals surface area contributed by atoms with E-state index in [0.29, 0.717) is 5.92 Å². The third-order valence-electron chi connectivity index (χ3n) is 5.79. The van der Waals surface area contributed by atoms with E-state index in [9.17, 15) is 13.2 Å². The lowest BCUT2D eigenvalue weighted by molar-refractivity contribution is -0.192. The molecule has 190 valence electrons. The van der Waals surface area contributed by atoms with Crippen LogP contribution in [0, 0.1) is 0 Å². The van der Waals surface area contributed by atoms with Crippen LogP contribution in [0.1, 0.15) is 29.6 Å². The lowest BCUT2D eigenvalue weighted by atomic mass is 9.96. The molecule has 5 rings (SSSR count). The van der Waals surface area contributed by atoms with Gasteiger partial charge in [0.1, 0.15) is 10.8 Å². The molecule has 1 N–H and O–H groups in total. The molecule has 36 heavy (non-hydrogen) atoms. The van der Waals surface area contributed by atoms with Crippen molar-refractivity contribution in [2.75, 3.05) is 20.2 Å². The fourth-order valence-corrected chi connectivity index (χ4v) is 4.58. The van der Waals surface area contributed by atoms with E-state index in [-0.39, 0.29) is 0 Å². The zero-order valence-electron chi connectivity index (χ0n) is 19.4. The minimum absolute atomic E-state index is 0.419. The number of methoxy groups -OCH3 is 1. The van der Waals surface area contributed by atoms with Crippen LogP contribution >= 0.6 is 11.3 Å². The predicted octanol–water partition coefficient (Wildman–Crippen LogP) is 4.87. The first-order valence-electron chi connectivity index (χ1n) is 11.1. The van der Waals surface area contributed by atoms with Crippen molar-refractivity contribution in [1.29, 1.82) is 0 Å². The van der Waals surface area contributed by atoms with Gasteiger partial charge in [0, 0.05) is 29.3 Å². The molecule has 1 aromatic carbocycles. The molecule has 3 aromatic heterocycles. The molecular weight excluding hydrogens is 495 g/mol. The number of carbonyl (C=O) groups is 1. The van der Waals surface area contributed by atoms with Crippen molar-refractivity contribution in [2.24, 2.45) is 0 Å². The van der Waals surface area contributed by atoms with Crippen LogP contribution in [0.25, 0.3) is 16.8 Å². The summed E-state index contributed by atoms with van der Waals surface area (Å²) in [7, 11) is 1.69. The first-order valence-corrected chi connectivity index (χ1v) is 12.0. The van der Waals surface area contributed by atoms with Gasteiger partial charge < -0.3 is 9.84 Å². The number of carboxylic acids is 1. The molecule has 0 atom stereocenters. The Hall–Kier alpha value is -3.51. The maximum Gasteiger partial charge on any atom is 0.490 e. The molecule has 1 aliphatic rings. The largest absolute Gasteiger partial charge is 0.497 e. The van der Waals surface area contributed by atoms with E-state index < -0.39 is 12.1 Å². The maximum atomic E-state index is 10.6. The molecule has 0 spiro atoms. The maximum absolute atomic E-state index is 10.6. The van der Waals surface area contributed by atoms with Crippen LogP contribution in [0.2, 0.25) is 0 Å². The minimum Gasteiger partial charge on any atom is -0.497 e. The van der Waals surface area contributed by atoms with E-state index in [0.717, 1.165) is 60.8 Å². The number of hydrogen-bond acceptors (Lipinski definition) is 7. The van der Waals surface area contributed by atoms with Gasteiger partial charge in [0.2, 0.25) is 0 Å². The van der Waals surface area contributed by atoms with Crippen molar-refractivity contribution in [3.05, 3.63) is 65.0 Å². The Kier molecular flexibility index (Phi) is 7.85. The lowest BCUT2D eigenvalue weighted by Gasteiger charge is -2.29. The Bertz CT molecular complexity index is 1300. The topological polar surface area (TPSA) is 92.9 Å². The molecule has 0 amide bonds. The Morgan fingerprint density at radius 2 is 1.94 bits per heavy atom. The van der Waals surface area contributed by atoms with Gasteiger partial charge >= 0.3 is 12.1 Å². The number of thiazole rings is 1. The number of likely N-dealkylation sites (tertiary alicyclic amines) is 1. The Balaban J connectivity index is 0.000000384. The summed E-state index contributed by atoms with van der Waals surface area (Å²) in [4.78, 5) is 20.6. The van der Waals surface area contributed by atoms with Gasteiger partial charge in [-0.25, -0.2) is 19.3 Å². The standard InChI is InChI=1S/C22H23N5OS.C2HF3O2/c1-28-19-4-2-3-17(13-19)18-5-6-20-24-22(25-27(20)14-18)16-7-10-26(11-8-16)15-21-23-9-12-29-21;3-2(4,5)1(6)7/h2-6,9,12-14,16H,7-8,10-11,15H2,1H3;(H,6,7). The number of alkyl halides is 3. The van der Waals surface area contributed by atoms with Gasteiger partial charge in [-0.15, -0.1) is 11.3 Å². The SMILES string of the molecule is COc1cccc(-c2ccc3nc(C4CCN(Cc5nccs5)CC4)nn3c2)c1.O=C(O)C(F)(F)F. The van der Waals surface area contributed by atoms with Crippen LogP contribution < -0.4 is 4.74 Å². The van der Waals surface area contributed by atoms with Crippen molar-refractivity contribution in [3.8, 4) is 16.9 Å². The number of rotatable bonds is 5. The Morgan fingerprint density at radius 1 is 1.19 bits per heavy atom. The monoisotopic (exact) mass is 519 g/mol.